The van der Waals surface area contributed by atoms with E-state index >= 15 is 0 Å². The van der Waals surface area contributed by atoms with Gasteiger partial charge in [0.1, 0.15) is 0 Å². The number of rotatable bonds is 2. The topological polar surface area (TPSA) is 37.6 Å². The van der Waals surface area contributed by atoms with Crippen molar-refractivity contribution in [1.29, 1.82) is 0 Å². The molecule has 0 N–H and O–H groups in total. The summed E-state index contributed by atoms with van der Waals surface area (Å²) in [7, 11) is 0. The van der Waals surface area contributed by atoms with Crippen molar-refractivity contribution in [2.24, 2.45) is 0 Å². The summed E-state index contributed by atoms with van der Waals surface area (Å²) in [5.74, 6) is 0. The van der Waals surface area contributed by atoms with Gasteiger partial charge in [0, 0.05) is 41.7 Å². The van der Waals surface area contributed by atoms with E-state index in [1.54, 1.807) is 16.7 Å². The Hall–Kier alpha value is -1.50. The molecule has 0 fully saturated rings. The second kappa shape index (κ2) is 5.05. The Morgan fingerprint density at radius 1 is 1.38 bits per heavy atom. The van der Waals surface area contributed by atoms with E-state index in [2.05, 4.69) is 28.3 Å². The minimum absolute atomic E-state index is 0.0112. The maximum absolute atomic E-state index is 12.1. The fourth-order valence-electron chi connectivity index (χ4n) is 2.95. The fourth-order valence-corrected chi connectivity index (χ4v) is 4.66. The van der Waals surface area contributed by atoms with Crippen LogP contribution in [0.4, 0.5) is 0 Å². The average molecular weight is 317 g/mol. The first-order valence-electron chi connectivity index (χ1n) is 6.98. The Bertz CT molecular complexity index is 848. The van der Waals surface area contributed by atoms with Gasteiger partial charge in [0.15, 0.2) is 4.96 Å². The molecule has 0 bridgehead atoms. The van der Waals surface area contributed by atoms with Gasteiger partial charge in [0.2, 0.25) is 0 Å². The lowest BCUT2D eigenvalue weighted by molar-refractivity contribution is 0.189. The van der Waals surface area contributed by atoms with Crippen LogP contribution < -0.4 is 5.56 Å². The van der Waals surface area contributed by atoms with Gasteiger partial charge in [0.25, 0.3) is 5.56 Å². The number of thiophene rings is 1. The first kappa shape index (κ1) is 13.2. The Kier molecular flexibility index (Phi) is 3.17. The van der Waals surface area contributed by atoms with Crippen LogP contribution in [0.5, 0.6) is 0 Å². The van der Waals surface area contributed by atoms with Crippen LogP contribution in [0.3, 0.4) is 0 Å². The van der Waals surface area contributed by atoms with Crippen molar-refractivity contribution in [3.8, 4) is 0 Å². The van der Waals surface area contributed by atoms with E-state index in [0.717, 1.165) is 30.2 Å². The molecule has 0 aromatic carbocycles. The molecule has 1 atom stereocenters. The molecule has 3 aromatic rings. The number of aromatic nitrogens is 2. The fraction of sp³-hybridized carbons (Fsp3) is 0.333. The van der Waals surface area contributed by atoms with Gasteiger partial charge >= 0.3 is 0 Å². The summed E-state index contributed by atoms with van der Waals surface area (Å²) < 4.78 is 1.60. The molecule has 1 aliphatic heterocycles. The summed E-state index contributed by atoms with van der Waals surface area (Å²) in [5.41, 5.74) is 2.31. The molecule has 0 saturated heterocycles. The Morgan fingerprint density at radius 2 is 2.29 bits per heavy atom. The molecule has 3 aromatic heterocycles. The van der Waals surface area contributed by atoms with Crippen LogP contribution in [0.15, 0.2) is 33.9 Å². The molecule has 4 heterocycles. The highest BCUT2D eigenvalue weighted by atomic mass is 32.1. The minimum Gasteiger partial charge on any atom is -0.290 e. The van der Waals surface area contributed by atoms with Crippen molar-refractivity contribution in [2.45, 2.75) is 25.9 Å². The van der Waals surface area contributed by atoms with E-state index < -0.39 is 0 Å². The lowest BCUT2D eigenvalue weighted by Gasteiger charge is -2.33. The second-order valence-electron chi connectivity index (χ2n) is 5.34. The van der Waals surface area contributed by atoms with Crippen LogP contribution in [0.25, 0.3) is 4.96 Å². The van der Waals surface area contributed by atoms with Crippen molar-refractivity contribution in [1.82, 2.24) is 14.3 Å². The van der Waals surface area contributed by atoms with E-state index in [-0.39, 0.29) is 5.56 Å². The first-order valence-corrected chi connectivity index (χ1v) is 8.74. The maximum Gasteiger partial charge on any atom is 0.258 e. The molecular weight excluding hydrogens is 302 g/mol. The van der Waals surface area contributed by atoms with Crippen molar-refractivity contribution in [2.75, 3.05) is 6.54 Å². The molecule has 0 amide bonds. The zero-order valence-electron chi connectivity index (χ0n) is 11.7. The standard InChI is InChI=1S/C15H15N3OS2/c1-10-12-3-6-20-13(12)2-4-17(10)9-11-8-14(19)18-5-7-21-15(18)16-11/h3,5-8,10H,2,4,9H2,1H3/t10-/m0/s1. The summed E-state index contributed by atoms with van der Waals surface area (Å²) in [5, 5.41) is 4.07. The van der Waals surface area contributed by atoms with Gasteiger partial charge in [-0.3, -0.25) is 14.1 Å². The van der Waals surface area contributed by atoms with Gasteiger partial charge in [-0.2, -0.15) is 0 Å². The van der Waals surface area contributed by atoms with Gasteiger partial charge < -0.3 is 0 Å². The monoisotopic (exact) mass is 317 g/mol. The molecule has 108 valence electrons. The van der Waals surface area contributed by atoms with E-state index in [4.69, 9.17) is 0 Å². The molecular formula is C15H15N3OS2. The van der Waals surface area contributed by atoms with E-state index in [9.17, 15) is 4.79 Å². The van der Waals surface area contributed by atoms with Crippen molar-refractivity contribution >= 4 is 27.6 Å². The predicted molar refractivity (Wildman–Crippen MR) is 86.2 cm³/mol. The lowest BCUT2D eigenvalue weighted by atomic mass is 10.0. The number of thiazole rings is 1. The van der Waals surface area contributed by atoms with E-state index in [0.29, 0.717) is 6.04 Å². The highest BCUT2D eigenvalue weighted by Gasteiger charge is 2.25. The smallest absolute Gasteiger partial charge is 0.258 e. The first-order chi connectivity index (χ1) is 10.2. The SMILES string of the molecule is C[C@H]1c2ccsc2CCN1Cc1cc(=O)n2ccsc2n1. The highest BCUT2D eigenvalue weighted by Crippen LogP contribution is 2.33. The normalized spacial score (nSPS) is 19.0. The van der Waals surface area contributed by atoms with Gasteiger partial charge in [-0.1, -0.05) is 0 Å². The van der Waals surface area contributed by atoms with Gasteiger partial charge in [0.05, 0.1) is 5.69 Å². The quantitative estimate of drug-likeness (QED) is 0.729. The molecule has 0 aliphatic carbocycles. The van der Waals surface area contributed by atoms with Gasteiger partial charge in [-0.25, -0.2) is 4.98 Å². The molecule has 4 rings (SSSR count). The van der Waals surface area contributed by atoms with Crippen LogP contribution in [-0.4, -0.2) is 20.8 Å². The number of hydrogen-bond donors (Lipinski definition) is 0. The molecule has 4 nitrogen and oxygen atoms in total. The van der Waals surface area contributed by atoms with Crippen molar-refractivity contribution in [3.05, 3.63) is 55.6 Å². The third-order valence-corrected chi connectivity index (χ3v) is 5.88. The summed E-state index contributed by atoms with van der Waals surface area (Å²) in [6, 6.07) is 4.28. The summed E-state index contributed by atoms with van der Waals surface area (Å²) in [6.07, 6.45) is 2.87. The molecule has 1 aliphatic rings. The molecule has 0 spiro atoms. The van der Waals surface area contributed by atoms with Crippen LogP contribution in [0.2, 0.25) is 0 Å². The summed E-state index contributed by atoms with van der Waals surface area (Å²) in [4.78, 5) is 21.3. The van der Waals surface area contributed by atoms with E-state index in [1.807, 2.05) is 16.7 Å². The summed E-state index contributed by atoms with van der Waals surface area (Å²) >= 11 is 3.35. The minimum atomic E-state index is 0.0112. The third kappa shape index (κ3) is 2.23. The summed E-state index contributed by atoms with van der Waals surface area (Å²) in [6.45, 7) is 4.00. The maximum atomic E-state index is 12.1. The molecule has 0 radical (unpaired) electrons. The Morgan fingerprint density at radius 3 is 3.19 bits per heavy atom. The largest absolute Gasteiger partial charge is 0.290 e. The van der Waals surface area contributed by atoms with Crippen LogP contribution in [0, 0.1) is 0 Å². The number of hydrogen-bond acceptors (Lipinski definition) is 5. The Balaban J connectivity index is 1.64. The molecule has 0 unspecified atom stereocenters. The van der Waals surface area contributed by atoms with Gasteiger partial charge in [-0.15, -0.1) is 22.7 Å². The van der Waals surface area contributed by atoms with E-state index in [1.165, 1.54) is 21.8 Å². The van der Waals surface area contributed by atoms with Crippen molar-refractivity contribution < 1.29 is 0 Å². The predicted octanol–water partition coefficient (Wildman–Crippen LogP) is 2.94. The zero-order chi connectivity index (χ0) is 14.4. The number of nitrogens with zero attached hydrogens (tertiary/aromatic N) is 3. The Labute approximate surface area is 130 Å². The molecule has 21 heavy (non-hydrogen) atoms. The average Bonchev–Trinajstić information content (AvgIpc) is 3.10. The van der Waals surface area contributed by atoms with Gasteiger partial charge in [-0.05, 0) is 30.4 Å². The molecule has 6 heteroatoms. The lowest BCUT2D eigenvalue weighted by Crippen LogP contribution is -2.33. The van der Waals surface area contributed by atoms with Crippen molar-refractivity contribution in [3.63, 3.8) is 0 Å². The molecule has 0 saturated carbocycles. The second-order valence-corrected chi connectivity index (χ2v) is 7.21. The third-order valence-electron chi connectivity index (χ3n) is 4.13. The van der Waals surface area contributed by atoms with Crippen LogP contribution in [-0.2, 0) is 13.0 Å². The highest BCUT2D eigenvalue weighted by molar-refractivity contribution is 7.15. The van der Waals surface area contributed by atoms with Crippen LogP contribution >= 0.6 is 22.7 Å². The number of fused-ring (bicyclic) bond motifs is 2. The van der Waals surface area contributed by atoms with Crippen LogP contribution in [0.1, 0.15) is 29.1 Å². The zero-order valence-corrected chi connectivity index (χ0v) is 13.3.